The second-order valence-corrected chi connectivity index (χ2v) is 5.83. The summed E-state index contributed by atoms with van der Waals surface area (Å²) in [5, 5.41) is 20.7. The Morgan fingerprint density at radius 2 is 2.00 bits per heavy atom. The van der Waals surface area contributed by atoms with E-state index in [4.69, 9.17) is 5.26 Å². The lowest BCUT2D eigenvalue weighted by Gasteiger charge is -2.08. The van der Waals surface area contributed by atoms with E-state index in [0.29, 0.717) is 5.56 Å². The van der Waals surface area contributed by atoms with Gasteiger partial charge in [0.2, 0.25) is 0 Å². The number of nitriles is 1. The number of hydrogen-bond acceptors (Lipinski definition) is 5. The maximum absolute atomic E-state index is 10.7. The Morgan fingerprint density at radius 3 is 2.65 bits per heavy atom. The highest BCUT2D eigenvalue weighted by Crippen LogP contribution is 2.31. The van der Waals surface area contributed by atoms with Crippen LogP contribution in [-0.2, 0) is 0 Å². The lowest BCUT2D eigenvalue weighted by Crippen LogP contribution is -1.91. The minimum Gasteiger partial charge on any atom is -0.358 e. The van der Waals surface area contributed by atoms with Crippen LogP contribution in [0.15, 0.2) is 47.5 Å². The van der Waals surface area contributed by atoms with Crippen LogP contribution < -0.4 is 4.72 Å². The molecule has 0 saturated carbocycles. The number of non-ortho nitro benzene ring substituents is 1. The van der Waals surface area contributed by atoms with Gasteiger partial charge in [0.15, 0.2) is 0 Å². The molecule has 0 aliphatic carbocycles. The van der Waals surface area contributed by atoms with E-state index in [1.807, 2.05) is 19.1 Å². The van der Waals surface area contributed by atoms with Gasteiger partial charge in [-0.25, -0.2) is 0 Å². The average Bonchev–Trinajstić information content (AvgIpc) is 3.00. The number of anilines is 1. The number of nitrogens with one attached hydrogen (secondary N) is 2. The van der Waals surface area contributed by atoms with Crippen molar-refractivity contribution in [2.45, 2.75) is 11.8 Å². The van der Waals surface area contributed by atoms with Crippen LogP contribution in [-0.4, -0.2) is 9.91 Å². The molecule has 0 aliphatic heterocycles. The molecule has 2 N–H and O–H groups in total. The van der Waals surface area contributed by atoms with Crippen molar-refractivity contribution in [3.05, 3.63) is 63.8 Å². The number of H-pyrrole nitrogens is 1. The molecule has 0 radical (unpaired) electrons. The first-order chi connectivity index (χ1) is 11.1. The van der Waals surface area contributed by atoms with Crippen LogP contribution in [0.5, 0.6) is 0 Å². The van der Waals surface area contributed by atoms with Gasteiger partial charge < -0.3 is 9.71 Å². The minimum absolute atomic E-state index is 0.0649. The smallest absolute Gasteiger partial charge is 0.269 e. The molecule has 3 rings (SSSR count). The van der Waals surface area contributed by atoms with E-state index in [-0.39, 0.29) is 5.69 Å². The standard InChI is InChI=1S/C16H12N4O2S/c1-10-2-7-14(16-15(10)11(8-17)9-18-16)19-23-13-5-3-12(4-6-13)20(21)22/h2-7,9,18-19H,1H3. The Kier molecular flexibility index (Phi) is 3.91. The second-order valence-electron chi connectivity index (χ2n) is 4.95. The summed E-state index contributed by atoms with van der Waals surface area (Å²) in [7, 11) is 0. The van der Waals surface area contributed by atoms with E-state index in [1.165, 1.54) is 24.1 Å². The molecule has 0 unspecified atom stereocenters. The number of rotatable bonds is 4. The predicted octanol–water partition coefficient (Wildman–Crippen LogP) is 4.38. The van der Waals surface area contributed by atoms with E-state index < -0.39 is 4.92 Å². The van der Waals surface area contributed by atoms with E-state index in [2.05, 4.69) is 15.8 Å². The molecule has 0 spiro atoms. The van der Waals surface area contributed by atoms with E-state index >= 15 is 0 Å². The molecule has 114 valence electrons. The van der Waals surface area contributed by atoms with Gasteiger partial charge in [0.25, 0.3) is 5.69 Å². The summed E-state index contributed by atoms with van der Waals surface area (Å²) in [5.74, 6) is 0. The number of hydrogen-bond donors (Lipinski definition) is 2. The van der Waals surface area contributed by atoms with E-state index in [9.17, 15) is 10.1 Å². The fraction of sp³-hybridized carbons (Fsp3) is 0.0625. The largest absolute Gasteiger partial charge is 0.358 e. The number of benzene rings is 2. The number of aromatic amines is 1. The highest BCUT2D eigenvalue weighted by atomic mass is 32.2. The predicted molar refractivity (Wildman–Crippen MR) is 90.3 cm³/mol. The maximum Gasteiger partial charge on any atom is 0.269 e. The van der Waals surface area contributed by atoms with Crippen molar-refractivity contribution in [2.75, 3.05) is 4.72 Å². The molecule has 1 aromatic heterocycles. The molecule has 0 saturated heterocycles. The lowest BCUT2D eigenvalue weighted by atomic mass is 10.1. The zero-order chi connectivity index (χ0) is 16.4. The van der Waals surface area contributed by atoms with Crippen molar-refractivity contribution >= 4 is 34.2 Å². The number of aromatic nitrogens is 1. The number of fused-ring (bicyclic) bond motifs is 1. The van der Waals surface area contributed by atoms with Crippen LogP contribution in [0, 0.1) is 28.4 Å². The van der Waals surface area contributed by atoms with E-state index in [1.54, 1.807) is 18.3 Å². The highest BCUT2D eigenvalue weighted by Gasteiger charge is 2.10. The average molecular weight is 324 g/mol. The first-order valence-electron chi connectivity index (χ1n) is 6.78. The van der Waals surface area contributed by atoms with Crippen molar-refractivity contribution in [3.63, 3.8) is 0 Å². The first kappa shape index (κ1) is 14.9. The molecule has 3 aromatic rings. The third kappa shape index (κ3) is 2.84. The topological polar surface area (TPSA) is 94.8 Å². The third-order valence-corrected chi connectivity index (χ3v) is 4.32. The van der Waals surface area contributed by atoms with Gasteiger partial charge in [-0.05, 0) is 42.6 Å². The minimum atomic E-state index is -0.423. The molecule has 23 heavy (non-hydrogen) atoms. The number of nitrogens with zero attached hydrogens (tertiary/aromatic N) is 2. The Labute approximate surface area is 136 Å². The van der Waals surface area contributed by atoms with Crippen LogP contribution in [0.4, 0.5) is 11.4 Å². The molecule has 0 amide bonds. The SMILES string of the molecule is Cc1ccc(NSc2ccc([N+](=O)[O-])cc2)c2[nH]cc(C#N)c12. The summed E-state index contributed by atoms with van der Waals surface area (Å²) < 4.78 is 3.22. The van der Waals surface area contributed by atoms with Gasteiger partial charge in [0.1, 0.15) is 6.07 Å². The highest BCUT2D eigenvalue weighted by molar-refractivity contribution is 8.00. The summed E-state index contributed by atoms with van der Waals surface area (Å²) in [4.78, 5) is 14.2. The summed E-state index contributed by atoms with van der Waals surface area (Å²) in [5.41, 5.74) is 3.44. The molecule has 0 fully saturated rings. The Bertz CT molecular complexity index is 926. The first-order valence-corrected chi connectivity index (χ1v) is 7.60. The van der Waals surface area contributed by atoms with Crippen LogP contribution in [0.3, 0.4) is 0 Å². The Balaban J connectivity index is 1.85. The van der Waals surface area contributed by atoms with Gasteiger partial charge in [-0.15, -0.1) is 0 Å². The molecule has 6 nitrogen and oxygen atoms in total. The second kappa shape index (κ2) is 6.02. The Hall–Kier alpha value is -2.98. The van der Waals surface area contributed by atoms with Crippen molar-refractivity contribution < 1.29 is 4.92 Å². The molecular weight excluding hydrogens is 312 g/mol. The maximum atomic E-state index is 10.7. The van der Waals surface area contributed by atoms with Crippen molar-refractivity contribution in [2.24, 2.45) is 0 Å². The van der Waals surface area contributed by atoms with Crippen molar-refractivity contribution in [3.8, 4) is 6.07 Å². The summed E-state index contributed by atoms with van der Waals surface area (Å²) in [6, 6.07) is 12.4. The molecule has 0 aliphatic rings. The number of nitro benzene ring substituents is 1. The third-order valence-electron chi connectivity index (χ3n) is 3.49. The van der Waals surface area contributed by atoms with Crippen LogP contribution in [0.2, 0.25) is 0 Å². The van der Waals surface area contributed by atoms with Crippen LogP contribution >= 0.6 is 11.9 Å². The molecule has 2 aromatic carbocycles. The van der Waals surface area contributed by atoms with Gasteiger partial charge in [-0.2, -0.15) is 5.26 Å². The lowest BCUT2D eigenvalue weighted by molar-refractivity contribution is -0.384. The van der Waals surface area contributed by atoms with Gasteiger partial charge in [-0.3, -0.25) is 10.1 Å². The molecule has 7 heteroatoms. The molecule has 0 bridgehead atoms. The summed E-state index contributed by atoms with van der Waals surface area (Å²) >= 11 is 1.36. The monoisotopic (exact) mass is 324 g/mol. The van der Waals surface area contributed by atoms with Gasteiger partial charge in [0, 0.05) is 28.6 Å². The molecule has 0 atom stereocenters. The summed E-state index contributed by atoms with van der Waals surface area (Å²) in [6.45, 7) is 1.96. The summed E-state index contributed by atoms with van der Waals surface area (Å²) in [6.07, 6.45) is 1.69. The van der Waals surface area contributed by atoms with Crippen LogP contribution in [0.1, 0.15) is 11.1 Å². The quantitative estimate of drug-likeness (QED) is 0.422. The van der Waals surface area contributed by atoms with Gasteiger partial charge in [0.05, 0.1) is 21.7 Å². The zero-order valence-electron chi connectivity index (χ0n) is 12.2. The van der Waals surface area contributed by atoms with Gasteiger partial charge >= 0.3 is 0 Å². The van der Waals surface area contributed by atoms with Crippen molar-refractivity contribution in [1.82, 2.24) is 4.98 Å². The van der Waals surface area contributed by atoms with Crippen LogP contribution in [0.25, 0.3) is 10.9 Å². The fourth-order valence-electron chi connectivity index (χ4n) is 2.34. The van der Waals surface area contributed by atoms with Crippen molar-refractivity contribution in [1.29, 1.82) is 5.26 Å². The van der Waals surface area contributed by atoms with Gasteiger partial charge in [-0.1, -0.05) is 6.07 Å². The fourth-order valence-corrected chi connectivity index (χ4v) is 3.01. The zero-order valence-corrected chi connectivity index (χ0v) is 13.0. The number of aryl methyl sites for hydroxylation is 1. The molecular formula is C16H12N4O2S. The normalized spacial score (nSPS) is 10.4. The van der Waals surface area contributed by atoms with E-state index in [0.717, 1.165) is 27.0 Å². The molecule has 1 heterocycles. The number of nitro groups is 1. The Morgan fingerprint density at radius 1 is 1.26 bits per heavy atom.